The van der Waals surface area contributed by atoms with Crippen LogP contribution >= 0.6 is 24.0 Å². The number of rotatable bonds is 6. The van der Waals surface area contributed by atoms with Crippen molar-refractivity contribution < 1.29 is 13.2 Å². The lowest BCUT2D eigenvalue weighted by atomic mass is 10.1. The van der Waals surface area contributed by atoms with Crippen LogP contribution in [0, 0.1) is 5.92 Å². The van der Waals surface area contributed by atoms with E-state index >= 15 is 0 Å². The Bertz CT molecular complexity index is 310. The second kappa shape index (κ2) is 10.5. The van der Waals surface area contributed by atoms with E-state index in [4.69, 9.17) is 0 Å². The zero-order valence-corrected chi connectivity index (χ0v) is 15.0. The van der Waals surface area contributed by atoms with Gasteiger partial charge in [-0.1, -0.05) is 6.92 Å². The van der Waals surface area contributed by atoms with Crippen molar-refractivity contribution in [1.82, 2.24) is 15.5 Å². The summed E-state index contributed by atoms with van der Waals surface area (Å²) >= 11 is 0. The molecule has 0 amide bonds. The minimum atomic E-state index is -4.13. The van der Waals surface area contributed by atoms with Gasteiger partial charge in [-0.05, 0) is 31.8 Å². The first-order valence-corrected chi connectivity index (χ1v) is 7.18. The normalized spacial score (nSPS) is 20.2. The highest BCUT2D eigenvalue weighted by atomic mass is 127. The highest BCUT2D eigenvalue weighted by Crippen LogP contribution is 2.18. The molecule has 0 bridgehead atoms. The monoisotopic (exact) mass is 422 g/mol. The molecular weight excluding hydrogens is 396 g/mol. The van der Waals surface area contributed by atoms with Crippen molar-refractivity contribution >= 4 is 29.9 Å². The van der Waals surface area contributed by atoms with E-state index in [1.165, 1.54) is 0 Å². The molecule has 1 rings (SSSR count). The first-order chi connectivity index (χ1) is 9.44. The fourth-order valence-corrected chi connectivity index (χ4v) is 2.38. The van der Waals surface area contributed by atoms with Crippen LogP contribution in [0.1, 0.15) is 26.2 Å². The smallest absolute Gasteiger partial charge is 0.356 e. The van der Waals surface area contributed by atoms with Gasteiger partial charge >= 0.3 is 6.18 Å². The topological polar surface area (TPSA) is 39.7 Å². The Morgan fingerprint density at radius 3 is 2.62 bits per heavy atom. The van der Waals surface area contributed by atoms with E-state index in [2.05, 4.69) is 27.4 Å². The molecule has 1 unspecified atom stereocenters. The van der Waals surface area contributed by atoms with Crippen LogP contribution in [-0.4, -0.2) is 56.8 Å². The Hall–Kier alpha value is -0.250. The highest BCUT2D eigenvalue weighted by Gasteiger charge is 2.26. The molecule has 1 atom stereocenters. The van der Waals surface area contributed by atoms with Crippen molar-refractivity contribution in [3.05, 3.63) is 0 Å². The van der Waals surface area contributed by atoms with E-state index in [0.29, 0.717) is 11.9 Å². The van der Waals surface area contributed by atoms with Gasteiger partial charge in [-0.3, -0.25) is 4.99 Å². The molecule has 1 heterocycles. The van der Waals surface area contributed by atoms with E-state index in [-0.39, 0.29) is 30.5 Å². The van der Waals surface area contributed by atoms with Gasteiger partial charge in [-0.15, -0.1) is 24.0 Å². The molecule has 21 heavy (non-hydrogen) atoms. The van der Waals surface area contributed by atoms with Gasteiger partial charge in [0.1, 0.15) is 0 Å². The van der Waals surface area contributed by atoms with Crippen molar-refractivity contribution in [2.45, 2.75) is 32.4 Å². The van der Waals surface area contributed by atoms with Gasteiger partial charge in [0.15, 0.2) is 5.96 Å². The predicted molar refractivity (Wildman–Crippen MR) is 90.3 cm³/mol. The fraction of sp³-hybridized carbons (Fsp3) is 0.923. The third kappa shape index (κ3) is 9.38. The molecule has 0 radical (unpaired) electrons. The largest absolute Gasteiger partial charge is 0.390 e. The van der Waals surface area contributed by atoms with Crippen LogP contribution in [0.5, 0.6) is 0 Å². The van der Waals surface area contributed by atoms with Crippen LogP contribution in [0.15, 0.2) is 4.99 Å². The van der Waals surface area contributed by atoms with E-state index in [1.807, 2.05) is 0 Å². The number of aliphatic imine (C=N–C) groups is 1. The molecule has 8 heteroatoms. The molecule has 1 aliphatic rings. The number of alkyl halides is 3. The van der Waals surface area contributed by atoms with Gasteiger partial charge < -0.3 is 15.5 Å². The fourth-order valence-electron chi connectivity index (χ4n) is 2.38. The highest BCUT2D eigenvalue weighted by molar-refractivity contribution is 14.0. The molecule has 0 aromatic carbocycles. The molecule has 0 aliphatic carbocycles. The molecule has 0 spiro atoms. The summed E-state index contributed by atoms with van der Waals surface area (Å²) in [4.78, 5) is 6.36. The molecule has 2 N–H and O–H groups in total. The average Bonchev–Trinajstić information content (AvgIpc) is 2.80. The summed E-state index contributed by atoms with van der Waals surface area (Å²) in [6, 6.07) is 0. The summed E-state index contributed by atoms with van der Waals surface area (Å²) in [6.07, 6.45) is -2.69. The Kier molecular flexibility index (Phi) is 10.3. The van der Waals surface area contributed by atoms with Crippen molar-refractivity contribution in [3.63, 3.8) is 0 Å². The zero-order valence-electron chi connectivity index (χ0n) is 12.7. The third-order valence-electron chi connectivity index (χ3n) is 3.39. The van der Waals surface area contributed by atoms with Crippen molar-refractivity contribution in [2.75, 3.05) is 39.8 Å². The zero-order chi connectivity index (χ0) is 15.0. The second-order valence-electron chi connectivity index (χ2n) is 5.20. The van der Waals surface area contributed by atoms with Crippen LogP contribution in [0.4, 0.5) is 13.2 Å². The van der Waals surface area contributed by atoms with Crippen LogP contribution in [0.2, 0.25) is 0 Å². The number of hydrogen-bond donors (Lipinski definition) is 2. The van der Waals surface area contributed by atoms with Gasteiger partial charge in [0.05, 0.1) is 6.42 Å². The van der Waals surface area contributed by atoms with Gasteiger partial charge in [0.2, 0.25) is 0 Å². The van der Waals surface area contributed by atoms with E-state index in [9.17, 15) is 13.2 Å². The number of nitrogens with zero attached hydrogens (tertiary/aromatic N) is 2. The predicted octanol–water partition coefficient (Wildman–Crippen LogP) is 2.45. The Balaban J connectivity index is 0.00000400. The minimum Gasteiger partial charge on any atom is -0.356 e. The molecule has 4 nitrogen and oxygen atoms in total. The number of hydrogen-bond acceptors (Lipinski definition) is 2. The van der Waals surface area contributed by atoms with Gasteiger partial charge in [-0.25, -0.2) is 0 Å². The summed E-state index contributed by atoms with van der Waals surface area (Å²) in [5.41, 5.74) is 0. The lowest BCUT2D eigenvalue weighted by Gasteiger charge is -2.17. The van der Waals surface area contributed by atoms with Crippen molar-refractivity contribution in [2.24, 2.45) is 10.9 Å². The molecule has 0 aromatic rings. The molecule has 1 saturated heterocycles. The maximum absolute atomic E-state index is 12.1. The van der Waals surface area contributed by atoms with Crippen LogP contribution in [0.3, 0.4) is 0 Å². The second-order valence-corrected chi connectivity index (χ2v) is 5.20. The number of nitrogens with one attached hydrogen (secondary N) is 2. The van der Waals surface area contributed by atoms with E-state index < -0.39 is 12.6 Å². The number of guanidine groups is 1. The Morgan fingerprint density at radius 2 is 2.05 bits per heavy atom. The lowest BCUT2D eigenvalue weighted by Crippen LogP contribution is -2.41. The summed E-state index contributed by atoms with van der Waals surface area (Å²) < 4.78 is 36.2. The Morgan fingerprint density at radius 1 is 1.33 bits per heavy atom. The van der Waals surface area contributed by atoms with Gasteiger partial charge in [-0.2, -0.15) is 13.2 Å². The van der Waals surface area contributed by atoms with E-state index in [0.717, 1.165) is 39.0 Å². The molecule has 1 fully saturated rings. The molecule has 0 aromatic heterocycles. The number of likely N-dealkylation sites (tertiary alicyclic amines) is 1. The summed E-state index contributed by atoms with van der Waals surface area (Å²) in [7, 11) is 1.57. The molecule has 0 saturated carbocycles. The number of halogens is 4. The van der Waals surface area contributed by atoms with Crippen LogP contribution in [0.25, 0.3) is 0 Å². The van der Waals surface area contributed by atoms with Gasteiger partial charge in [0, 0.05) is 26.7 Å². The van der Waals surface area contributed by atoms with Crippen molar-refractivity contribution in [1.29, 1.82) is 0 Å². The SMILES string of the molecule is CCCN1CCC(CNC(=NC)NCCC(F)(F)F)C1.I. The standard InChI is InChI=1S/C13H25F3N4.HI/c1-3-7-20-8-4-11(10-20)9-19-12(17-2)18-6-5-13(14,15)16;/h11H,3-10H2,1-2H3,(H2,17,18,19);1H. The quantitative estimate of drug-likeness (QED) is 0.393. The summed E-state index contributed by atoms with van der Waals surface area (Å²) in [5.74, 6) is 0.992. The van der Waals surface area contributed by atoms with Crippen LogP contribution < -0.4 is 10.6 Å². The first kappa shape index (κ1) is 20.8. The first-order valence-electron chi connectivity index (χ1n) is 7.18. The van der Waals surface area contributed by atoms with Crippen LogP contribution in [-0.2, 0) is 0 Å². The third-order valence-corrected chi connectivity index (χ3v) is 3.39. The van der Waals surface area contributed by atoms with E-state index in [1.54, 1.807) is 7.05 Å². The summed E-state index contributed by atoms with van der Waals surface area (Å²) in [5, 5.41) is 5.80. The maximum Gasteiger partial charge on any atom is 0.390 e. The lowest BCUT2D eigenvalue weighted by molar-refractivity contribution is -0.132. The van der Waals surface area contributed by atoms with Gasteiger partial charge in [0.25, 0.3) is 0 Å². The molecule has 126 valence electrons. The average molecular weight is 422 g/mol. The Labute approximate surface area is 142 Å². The summed E-state index contributed by atoms with van der Waals surface area (Å²) in [6.45, 7) is 6.06. The maximum atomic E-state index is 12.1. The van der Waals surface area contributed by atoms with Crippen molar-refractivity contribution in [3.8, 4) is 0 Å². The molecular formula is C13H26F3IN4. The molecule has 1 aliphatic heterocycles. The minimum absolute atomic E-state index is 0.